The Morgan fingerprint density at radius 3 is 2.32 bits per heavy atom. The van der Waals surface area contributed by atoms with Crippen molar-refractivity contribution in [2.45, 2.75) is 38.0 Å². The Labute approximate surface area is 171 Å². The molecule has 2 N–H and O–H groups in total. The van der Waals surface area contributed by atoms with Crippen LogP contribution in [0.1, 0.15) is 47.1 Å². The van der Waals surface area contributed by atoms with Crippen molar-refractivity contribution >= 4 is 33.6 Å². The van der Waals surface area contributed by atoms with Gasteiger partial charge in [-0.1, -0.05) is 46.3 Å². The third-order valence-electron chi connectivity index (χ3n) is 4.36. The summed E-state index contributed by atoms with van der Waals surface area (Å²) in [5.41, 5.74) is -2.73. The SMILES string of the molecule is CC(C)(C)NC(=O)[C@]1(O)c2ccccc2C(=O)O[C@H]1C(=O)c1ccc(Br)cc1. The number of amides is 1. The molecule has 0 fully saturated rings. The number of halogens is 1. The average Bonchev–Trinajstić information content (AvgIpc) is 2.63. The zero-order valence-corrected chi connectivity index (χ0v) is 17.2. The number of esters is 1. The highest BCUT2D eigenvalue weighted by Crippen LogP contribution is 2.37. The molecule has 0 unspecified atom stereocenters. The van der Waals surface area contributed by atoms with E-state index in [0.29, 0.717) is 0 Å². The van der Waals surface area contributed by atoms with E-state index < -0.39 is 34.9 Å². The molecule has 1 aliphatic rings. The molecule has 0 aromatic heterocycles. The zero-order valence-electron chi connectivity index (χ0n) is 15.7. The summed E-state index contributed by atoms with van der Waals surface area (Å²) in [7, 11) is 0. The van der Waals surface area contributed by atoms with Crippen LogP contribution >= 0.6 is 15.9 Å². The first-order valence-corrected chi connectivity index (χ1v) is 9.48. The quantitative estimate of drug-likeness (QED) is 0.559. The molecule has 6 nitrogen and oxygen atoms in total. The van der Waals surface area contributed by atoms with E-state index in [1.165, 1.54) is 24.3 Å². The first-order valence-electron chi connectivity index (χ1n) is 8.69. The van der Waals surface area contributed by atoms with E-state index >= 15 is 0 Å². The summed E-state index contributed by atoms with van der Waals surface area (Å²) in [5, 5.41) is 14.2. The molecule has 2 aromatic carbocycles. The second-order valence-electron chi connectivity index (χ2n) is 7.67. The number of hydrogen-bond donors (Lipinski definition) is 2. The molecule has 0 saturated heterocycles. The number of carbonyl (C=O) groups is 3. The van der Waals surface area contributed by atoms with Crippen molar-refractivity contribution in [3.63, 3.8) is 0 Å². The molecule has 28 heavy (non-hydrogen) atoms. The van der Waals surface area contributed by atoms with Crippen LogP contribution in [-0.4, -0.2) is 34.4 Å². The fourth-order valence-corrected chi connectivity index (χ4v) is 3.34. The minimum atomic E-state index is -2.36. The smallest absolute Gasteiger partial charge is 0.339 e. The number of benzene rings is 2. The molecule has 2 aromatic rings. The maximum atomic E-state index is 13.1. The van der Waals surface area contributed by atoms with Gasteiger partial charge in [0.25, 0.3) is 5.91 Å². The molecule has 2 atom stereocenters. The van der Waals surface area contributed by atoms with Crippen LogP contribution in [0.15, 0.2) is 53.0 Å². The molecule has 3 rings (SSSR count). The summed E-state index contributed by atoms with van der Waals surface area (Å²) in [6.45, 7) is 5.25. The van der Waals surface area contributed by atoms with Crippen LogP contribution in [0.25, 0.3) is 0 Å². The average molecular weight is 446 g/mol. The van der Waals surface area contributed by atoms with Gasteiger partial charge in [0, 0.05) is 21.1 Å². The highest BCUT2D eigenvalue weighted by molar-refractivity contribution is 9.10. The fourth-order valence-electron chi connectivity index (χ4n) is 3.08. The Kier molecular flexibility index (Phi) is 5.16. The van der Waals surface area contributed by atoms with Crippen molar-refractivity contribution in [3.05, 3.63) is 69.7 Å². The summed E-state index contributed by atoms with van der Waals surface area (Å²) in [4.78, 5) is 38.7. The van der Waals surface area contributed by atoms with Crippen molar-refractivity contribution in [2.24, 2.45) is 0 Å². The molecule has 7 heteroatoms. The Morgan fingerprint density at radius 1 is 1.11 bits per heavy atom. The van der Waals surface area contributed by atoms with Gasteiger partial charge in [-0.05, 0) is 39.0 Å². The van der Waals surface area contributed by atoms with Gasteiger partial charge in [0.1, 0.15) is 0 Å². The van der Waals surface area contributed by atoms with E-state index in [0.717, 1.165) is 4.47 Å². The van der Waals surface area contributed by atoms with Crippen LogP contribution < -0.4 is 5.32 Å². The lowest BCUT2D eigenvalue weighted by molar-refractivity contribution is -0.155. The second kappa shape index (κ2) is 7.14. The van der Waals surface area contributed by atoms with Crippen LogP contribution in [0.4, 0.5) is 0 Å². The van der Waals surface area contributed by atoms with Gasteiger partial charge in [0.2, 0.25) is 17.5 Å². The molecule has 1 aliphatic heterocycles. The van der Waals surface area contributed by atoms with Gasteiger partial charge in [-0.15, -0.1) is 0 Å². The van der Waals surface area contributed by atoms with Crippen LogP contribution in [0, 0.1) is 0 Å². The first kappa shape index (κ1) is 20.2. The molecule has 0 radical (unpaired) electrons. The number of fused-ring (bicyclic) bond motifs is 1. The number of nitrogens with one attached hydrogen (secondary N) is 1. The Morgan fingerprint density at radius 2 is 1.71 bits per heavy atom. The summed E-state index contributed by atoms with van der Waals surface area (Å²) in [6.07, 6.45) is -1.71. The number of Topliss-reactive ketones (excluding diaryl/α,β-unsaturated/α-hetero) is 1. The van der Waals surface area contributed by atoms with Crippen LogP contribution in [0.3, 0.4) is 0 Å². The Bertz CT molecular complexity index is 948. The van der Waals surface area contributed by atoms with Crippen molar-refractivity contribution in [1.82, 2.24) is 5.32 Å². The molecule has 0 aliphatic carbocycles. The monoisotopic (exact) mass is 445 g/mol. The largest absolute Gasteiger partial charge is 0.446 e. The lowest BCUT2D eigenvalue weighted by Gasteiger charge is -2.39. The van der Waals surface area contributed by atoms with Crippen LogP contribution in [0.5, 0.6) is 0 Å². The molecule has 1 amide bonds. The van der Waals surface area contributed by atoms with Gasteiger partial charge in [-0.25, -0.2) is 4.79 Å². The molecular formula is C21H20BrNO5. The molecule has 0 bridgehead atoms. The number of hydrogen-bond acceptors (Lipinski definition) is 5. The molecule has 0 spiro atoms. The molecule has 0 saturated carbocycles. The fraction of sp³-hybridized carbons (Fsp3) is 0.286. The third-order valence-corrected chi connectivity index (χ3v) is 4.89. The van der Waals surface area contributed by atoms with Crippen molar-refractivity contribution < 1.29 is 24.2 Å². The molecule has 1 heterocycles. The van der Waals surface area contributed by atoms with Gasteiger partial charge < -0.3 is 15.2 Å². The summed E-state index contributed by atoms with van der Waals surface area (Å²) in [5.74, 6) is -2.24. The van der Waals surface area contributed by atoms with Gasteiger partial charge in [0.15, 0.2) is 0 Å². The van der Waals surface area contributed by atoms with E-state index in [2.05, 4.69) is 21.2 Å². The summed E-state index contributed by atoms with van der Waals surface area (Å²) in [6, 6.07) is 12.5. The van der Waals surface area contributed by atoms with Crippen molar-refractivity contribution in [1.29, 1.82) is 0 Å². The predicted octanol–water partition coefficient (Wildman–Crippen LogP) is 2.97. The number of carbonyl (C=O) groups excluding carboxylic acids is 3. The van der Waals surface area contributed by atoms with Gasteiger partial charge in [0.05, 0.1) is 5.56 Å². The highest BCUT2D eigenvalue weighted by atomic mass is 79.9. The topological polar surface area (TPSA) is 92.7 Å². The number of ether oxygens (including phenoxy) is 1. The molecular weight excluding hydrogens is 426 g/mol. The maximum absolute atomic E-state index is 13.1. The number of aliphatic hydroxyl groups is 1. The van der Waals surface area contributed by atoms with Crippen molar-refractivity contribution in [3.8, 4) is 0 Å². The highest BCUT2D eigenvalue weighted by Gasteiger charge is 2.56. The normalized spacial score (nSPS) is 21.5. The molecule has 146 valence electrons. The predicted molar refractivity (Wildman–Crippen MR) is 106 cm³/mol. The van der Waals surface area contributed by atoms with E-state index in [1.54, 1.807) is 45.0 Å². The van der Waals surface area contributed by atoms with E-state index in [-0.39, 0.29) is 16.7 Å². The van der Waals surface area contributed by atoms with E-state index in [1.807, 2.05) is 0 Å². The zero-order chi connectivity index (χ0) is 20.7. The van der Waals surface area contributed by atoms with Crippen molar-refractivity contribution in [2.75, 3.05) is 0 Å². The lowest BCUT2D eigenvalue weighted by Crippen LogP contribution is -2.61. The van der Waals surface area contributed by atoms with E-state index in [4.69, 9.17) is 4.74 Å². The lowest BCUT2D eigenvalue weighted by atomic mass is 9.78. The Hall–Kier alpha value is -2.51. The number of ketones is 1. The van der Waals surface area contributed by atoms with Crippen LogP contribution in [0.2, 0.25) is 0 Å². The van der Waals surface area contributed by atoms with Crippen LogP contribution in [-0.2, 0) is 15.1 Å². The minimum absolute atomic E-state index is 0.0449. The number of rotatable bonds is 3. The third kappa shape index (κ3) is 3.59. The van der Waals surface area contributed by atoms with Gasteiger partial charge in [-0.3, -0.25) is 9.59 Å². The maximum Gasteiger partial charge on any atom is 0.339 e. The van der Waals surface area contributed by atoms with E-state index in [9.17, 15) is 19.5 Å². The second-order valence-corrected chi connectivity index (χ2v) is 8.59. The van der Waals surface area contributed by atoms with Gasteiger partial charge >= 0.3 is 5.97 Å². The summed E-state index contributed by atoms with van der Waals surface area (Å²) >= 11 is 3.29. The van der Waals surface area contributed by atoms with Gasteiger partial charge in [-0.2, -0.15) is 0 Å². The standard InChI is InChI=1S/C21H20BrNO5/c1-20(2,3)23-19(26)21(27)15-7-5-4-6-14(15)18(25)28-17(21)16(24)12-8-10-13(22)11-9-12/h4-11,17,27H,1-3H3,(H,23,26)/t17-,21-/m0/s1. The first-order chi connectivity index (χ1) is 13.0. The number of cyclic esters (lactones) is 1. The Balaban J connectivity index is 2.14. The summed E-state index contributed by atoms with van der Waals surface area (Å²) < 4.78 is 6.06. The minimum Gasteiger partial charge on any atom is -0.446 e.